The summed E-state index contributed by atoms with van der Waals surface area (Å²) in [5.41, 5.74) is 1.27. The molecule has 1 aromatic carbocycles. The number of nitrogens with one attached hydrogen (secondary N) is 2. The standard InChI is InChI=1S/C19H27BrN2O2/c1-14-11-15(5-8-21-14)18(23)22-13-19(6-9-24-10-7-19)16-3-2-4-17(20)12-16/h2-4,12,14-15,21H,5-11,13H2,1H3,(H,22,23)/t14-,15-/m0/s1. The second kappa shape index (κ2) is 7.98. The van der Waals surface area contributed by atoms with Gasteiger partial charge in [0.05, 0.1) is 0 Å². The molecule has 0 aliphatic carbocycles. The lowest BCUT2D eigenvalue weighted by molar-refractivity contribution is -0.126. The number of benzene rings is 1. The molecule has 1 amide bonds. The van der Waals surface area contributed by atoms with Gasteiger partial charge >= 0.3 is 0 Å². The number of hydrogen-bond donors (Lipinski definition) is 2. The lowest BCUT2D eigenvalue weighted by Crippen LogP contribution is -2.48. The number of amides is 1. The first-order valence-electron chi connectivity index (χ1n) is 8.94. The summed E-state index contributed by atoms with van der Waals surface area (Å²) in [6, 6.07) is 8.91. The lowest BCUT2D eigenvalue weighted by atomic mass is 9.74. The average Bonchev–Trinajstić information content (AvgIpc) is 2.60. The number of rotatable bonds is 4. The minimum atomic E-state index is -0.0176. The molecule has 4 nitrogen and oxygen atoms in total. The summed E-state index contributed by atoms with van der Waals surface area (Å²) >= 11 is 3.58. The van der Waals surface area contributed by atoms with E-state index >= 15 is 0 Å². The smallest absolute Gasteiger partial charge is 0.223 e. The van der Waals surface area contributed by atoms with E-state index < -0.39 is 0 Å². The van der Waals surface area contributed by atoms with Gasteiger partial charge in [0.25, 0.3) is 0 Å². The van der Waals surface area contributed by atoms with E-state index in [1.807, 2.05) is 6.07 Å². The van der Waals surface area contributed by atoms with Crippen LogP contribution >= 0.6 is 15.9 Å². The number of hydrogen-bond acceptors (Lipinski definition) is 3. The fourth-order valence-electron chi connectivity index (χ4n) is 3.92. The van der Waals surface area contributed by atoms with Crippen molar-refractivity contribution in [2.45, 2.75) is 44.1 Å². The molecule has 0 bridgehead atoms. The first-order chi connectivity index (χ1) is 11.6. The van der Waals surface area contributed by atoms with Crippen molar-refractivity contribution in [3.63, 3.8) is 0 Å². The van der Waals surface area contributed by atoms with Crippen LogP contribution in [0.2, 0.25) is 0 Å². The molecule has 2 atom stereocenters. The SMILES string of the molecule is C[C@H]1C[C@@H](C(=O)NCC2(c3cccc(Br)c3)CCOCC2)CCN1. The van der Waals surface area contributed by atoms with Gasteiger partial charge in [-0.15, -0.1) is 0 Å². The quantitative estimate of drug-likeness (QED) is 0.824. The van der Waals surface area contributed by atoms with Crippen LogP contribution in [0.4, 0.5) is 0 Å². The molecule has 2 N–H and O–H groups in total. The number of ether oxygens (including phenoxy) is 1. The third kappa shape index (κ3) is 4.19. The molecule has 0 spiro atoms. The van der Waals surface area contributed by atoms with Crippen LogP contribution in [0, 0.1) is 5.92 Å². The molecular formula is C19H27BrN2O2. The van der Waals surface area contributed by atoms with Crippen LogP contribution in [0.5, 0.6) is 0 Å². The molecule has 24 heavy (non-hydrogen) atoms. The van der Waals surface area contributed by atoms with Crippen LogP contribution in [-0.4, -0.2) is 38.3 Å². The van der Waals surface area contributed by atoms with Gasteiger partial charge in [0.2, 0.25) is 5.91 Å². The molecule has 0 aromatic heterocycles. The Labute approximate surface area is 152 Å². The van der Waals surface area contributed by atoms with E-state index in [0.29, 0.717) is 12.6 Å². The van der Waals surface area contributed by atoms with Gasteiger partial charge in [-0.2, -0.15) is 0 Å². The number of piperidine rings is 1. The highest BCUT2D eigenvalue weighted by molar-refractivity contribution is 9.10. The molecule has 3 rings (SSSR count). The molecule has 0 saturated carbocycles. The summed E-state index contributed by atoms with van der Waals surface area (Å²) in [7, 11) is 0. The molecule has 132 valence electrons. The van der Waals surface area contributed by atoms with Crippen molar-refractivity contribution < 1.29 is 9.53 Å². The Morgan fingerprint density at radius 1 is 1.42 bits per heavy atom. The molecule has 5 heteroatoms. The highest BCUT2D eigenvalue weighted by Crippen LogP contribution is 2.35. The highest BCUT2D eigenvalue weighted by Gasteiger charge is 2.36. The first kappa shape index (κ1) is 17.9. The van der Waals surface area contributed by atoms with Gasteiger partial charge in [0.15, 0.2) is 0 Å². The first-order valence-corrected chi connectivity index (χ1v) is 9.73. The van der Waals surface area contributed by atoms with Gasteiger partial charge in [0.1, 0.15) is 0 Å². The van der Waals surface area contributed by atoms with Crippen LogP contribution in [0.1, 0.15) is 38.2 Å². The molecule has 0 radical (unpaired) electrons. The minimum absolute atomic E-state index is 0.0176. The largest absolute Gasteiger partial charge is 0.381 e. The molecule has 1 aromatic rings. The normalized spacial score (nSPS) is 26.8. The van der Waals surface area contributed by atoms with Gasteiger partial charge in [-0.3, -0.25) is 4.79 Å². The average molecular weight is 395 g/mol. The number of carbonyl (C=O) groups is 1. The van der Waals surface area contributed by atoms with Crippen LogP contribution in [-0.2, 0) is 14.9 Å². The fourth-order valence-corrected chi connectivity index (χ4v) is 4.32. The highest BCUT2D eigenvalue weighted by atomic mass is 79.9. The molecule has 2 saturated heterocycles. The van der Waals surface area contributed by atoms with Crippen molar-refractivity contribution in [2.24, 2.45) is 5.92 Å². The van der Waals surface area contributed by atoms with Crippen LogP contribution in [0.15, 0.2) is 28.7 Å². The van der Waals surface area contributed by atoms with Crippen molar-refractivity contribution in [2.75, 3.05) is 26.3 Å². The van der Waals surface area contributed by atoms with Crippen molar-refractivity contribution in [1.82, 2.24) is 10.6 Å². The maximum Gasteiger partial charge on any atom is 0.223 e. The Morgan fingerprint density at radius 3 is 2.92 bits per heavy atom. The molecule has 2 aliphatic rings. The Morgan fingerprint density at radius 2 is 2.21 bits per heavy atom. The van der Waals surface area contributed by atoms with Crippen LogP contribution < -0.4 is 10.6 Å². The zero-order valence-electron chi connectivity index (χ0n) is 14.3. The Hall–Kier alpha value is -0.910. The summed E-state index contributed by atoms with van der Waals surface area (Å²) in [5, 5.41) is 6.67. The van der Waals surface area contributed by atoms with Crippen LogP contribution in [0.25, 0.3) is 0 Å². The number of halogens is 1. The zero-order valence-corrected chi connectivity index (χ0v) is 15.9. The van der Waals surface area contributed by atoms with E-state index in [1.54, 1.807) is 0 Å². The third-order valence-electron chi connectivity index (χ3n) is 5.48. The fraction of sp³-hybridized carbons (Fsp3) is 0.632. The van der Waals surface area contributed by atoms with Gasteiger partial charge in [-0.1, -0.05) is 28.1 Å². The molecule has 2 fully saturated rings. The van der Waals surface area contributed by atoms with E-state index in [-0.39, 0.29) is 17.2 Å². The third-order valence-corrected chi connectivity index (χ3v) is 5.98. The Kier molecular flexibility index (Phi) is 5.95. The monoisotopic (exact) mass is 394 g/mol. The minimum Gasteiger partial charge on any atom is -0.381 e. The van der Waals surface area contributed by atoms with E-state index in [9.17, 15) is 4.79 Å². The molecule has 2 heterocycles. The molecule has 2 aliphatic heterocycles. The van der Waals surface area contributed by atoms with Crippen molar-refractivity contribution in [3.8, 4) is 0 Å². The van der Waals surface area contributed by atoms with Gasteiger partial charge in [0, 0.05) is 41.6 Å². The summed E-state index contributed by atoms with van der Waals surface area (Å²) < 4.78 is 6.67. The van der Waals surface area contributed by atoms with E-state index in [4.69, 9.17) is 4.74 Å². The maximum absolute atomic E-state index is 12.6. The summed E-state index contributed by atoms with van der Waals surface area (Å²) in [4.78, 5) is 12.6. The second-order valence-electron chi connectivity index (χ2n) is 7.20. The topological polar surface area (TPSA) is 50.4 Å². The molecule has 0 unspecified atom stereocenters. The predicted molar refractivity (Wildman–Crippen MR) is 99.1 cm³/mol. The second-order valence-corrected chi connectivity index (χ2v) is 8.11. The summed E-state index contributed by atoms with van der Waals surface area (Å²) in [6.07, 6.45) is 3.76. The van der Waals surface area contributed by atoms with Crippen molar-refractivity contribution >= 4 is 21.8 Å². The lowest BCUT2D eigenvalue weighted by Gasteiger charge is -2.38. The van der Waals surface area contributed by atoms with Gasteiger partial charge < -0.3 is 15.4 Å². The van der Waals surface area contributed by atoms with E-state index in [0.717, 1.165) is 49.9 Å². The maximum atomic E-state index is 12.6. The van der Waals surface area contributed by atoms with Crippen molar-refractivity contribution in [1.29, 1.82) is 0 Å². The summed E-state index contributed by atoms with van der Waals surface area (Å²) in [5.74, 6) is 0.352. The number of carbonyl (C=O) groups excluding carboxylic acids is 1. The Bertz CT molecular complexity index is 572. The van der Waals surface area contributed by atoms with Gasteiger partial charge in [-0.05, 0) is 56.8 Å². The zero-order chi connectivity index (χ0) is 17.0. The molecular weight excluding hydrogens is 368 g/mol. The van der Waals surface area contributed by atoms with E-state index in [1.165, 1.54) is 5.56 Å². The predicted octanol–water partition coefficient (Wildman–Crippen LogP) is 3.00. The Balaban J connectivity index is 1.69. The van der Waals surface area contributed by atoms with Crippen LogP contribution in [0.3, 0.4) is 0 Å². The van der Waals surface area contributed by atoms with E-state index in [2.05, 4.69) is 51.7 Å². The van der Waals surface area contributed by atoms with Crippen molar-refractivity contribution in [3.05, 3.63) is 34.3 Å². The van der Waals surface area contributed by atoms with Gasteiger partial charge in [-0.25, -0.2) is 0 Å². The summed E-state index contributed by atoms with van der Waals surface area (Å²) in [6.45, 7) is 5.30.